The van der Waals surface area contributed by atoms with Gasteiger partial charge in [0.05, 0.1) is 11.6 Å². The Morgan fingerprint density at radius 2 is 1.88 bits per heavy atom. The number of nitrogens with one attached hydrogen (secondary N) is 1. The van der Waals surface area contributed by atoms with Gasteiger partial charge in [-0.15, -0.1) is 12.4 Å². The molecule has 2 heterocycles. The van der Waals surface area contributed by atoms with Crippen LogP contribution in [-0.2, 0) is 0 Å². The zero-order chi connectivity index (χ0) is 17.1. The highest BCUT2D eigenvalue weighted by Gasteiger charge is 2.26. The summed E-state index contributed by atoms with van der Waals surface area (Å²) >= 11 is 0. The van der Waals surface area contributed by atoms with Gasteiger partial charge in [0.25, 0.3) is 5.89 Å². The number of hydrogen-bond acceptors (Lipinski definition) is 6. The summed E-state index contributed by atoms with van der Waals surface area (Å²) in [5.41, 5.74) is 0.788. The summed E-state index contributed by atoms with van der Waals surface area (Å²) in [5.74, 6) is 2.63. The second kappa shape index (κ2) is 8.31. The summed E-state index contributed by atoms with van der Waals surface area (Å²) in [7, 11) is 2.08. The van der Waals surface area contributed by atoms with E-state index in [1.54, 1.807) is 0 Å². The summed E-state index contributed by atoms with van der Waals surface area (Å²) < 4.78 is 11.5. The number of benzene rings is 2. The molecule has 1 aromatic heterocycles. The fourth-order valence-corrected chi connectivity index (χ4v) is 2.92. The van der Waals surface area contributed by atoms with E-state index in [9.17, 15) is 0 Å². The molecule has 1 atom stereocenters. The summed E-state index contributed by atoms with van der Waals surface area (Å²) in [6.07, 6.45) is 0. The van der Waals surface area contributed by atoms with Crippen LogP contribution in [0.25, 0.3) is 11.5 Å². The van der Waals surface area contributed by atoms with Gasteiger partial charge in [0.2, 0.25) is 0 Å². The minimum atomic E-state index is 0. The molecule has 1 aliphatic heterocycles. The van der Waals surface area contributed by atoms with Crippen LogP contribution >= 0.6 is 12.4 Å². The molecular weight excluding hydrogens is 352 g/mol. The predicted molar refractivity (Wildman–Crippen MR) is 102 cm³/mol. The topological polar surface area (TPSA) is 63.4 Å². The van der Waals surface area contributed by atoms with Gasteiger partial charge < -0.3 is 14.6 Å². The Morgan fingerprint density at radius 3 is 2.69 bits per heavy atom. The van der Waals surface area contributed by atoms with E-state index in [0.717, 1.165) is 30.9 Å². The van der Waals surface area contributed by atoms with Crippen molar-refractivity contribution in [3.05, 3.63) is 60.4 Å². The van der Waals surface area contributed by atoms with Crippen molar-refractivity contribution < 1.29 is 9.26 Å². The minimum absolute atomic E-state index is 0. The highest BCUT2D eigenvalue weighted by Crippen LogP contribution is 2.33. The van der Waals surface area contributed by atoms with Crippen LogP contribution < -0.4 is 10.1 Å². The molecule has 7 heteroatoms. The Hall–Kier alpha value is -2.41. The lowest BCUT2D eigenvalue weighted by atomic mass is 10.2. The molecule has 0 amide bonds. The van der Waals surface area contributed by atoms with Gasteiger partial charge in [-0.1, -0.05) is 35.5 Å². The van der Waals surface area contributed by atoms with Gasteiger partial charge in [-0.05, 0) is 31.3 Å². The van der Waals surface area contributed by atoms with Crippen molar-refractivity contribution in [3.8, 4) is 23.0 Å². The molecule has 1 N–H and O–H groups in total. The van der Waals surface area contributed by atoms with Crippen molar-refractivity contribution >= 4 is 12.4 Å². The third-order valence-electron chi connectivity index (χ3n) is 4.34. The molecule has 6 nitrogen and oxygen atoms in total. The van der Waals surface area contributed by atoms with Crippen LogP contribution in [0.15, 0.2) is 59.1 Å². The highest BCUT2D eigenvalue weighted by molar-refractivity contribution is 5.85. The maximum atomic E-state index is 5.99. The Morgan fingerprint density at radius 1 is 1.12 bits per heavy atom. The van der Waals surface area contributed by atoms with Crippen molar-refractivity contribution in [2.24, 2.45) is 0 Å². The maximum Gasteiger partial charge on any atom is 0.261 e. The van der Waals surface area contributed by atoms with Gasteiger partial charge >= 0.3 is 0 Å². The zero-order valence-corrected chi connectivity index (χ0v) is 15.3. The molecule has 1 fully saturated rings. The molecule has 1 saturated heterocycles. The van der Waals surface area contributed by atoms with Crippen LogP contribution in [0.5, 0.6) is 11.5 Å². The van der Waals surface area contributed by atoms with Crippen molar-refractivity contribution in [3.63, 3.8) is 0 Å². The SMILES string of the molecule is CN1CCNCC1c1noc(-c2ccccc2Oc2ccccc2)n1.Cl. The first-order chi connectivity index (χ1) is 12.3. The molecule has 3 aromatic rings. The Bertz CT molecular complexity index is 840. The van der Waals surface area contributed by atoms with E-state index in [0.29, 0.717) is 17.5 Å². The smallest absolute Gasteiger partial charge is 0.261 e. The average molecular weight is 373 g/mol. The molecule has 2 aromatic carbocycles. The van der Waals surface area contributed by atoms with Gasteiger partial charge in [0.1, 0.15) is 11.5 Å². The first kappa shape index (κ1) is 18.4. The van der Waals surface area contributed by atoms with Gasteiger partial charge in [-0.3, -0.25) is 4.90 Å². The van der Waals surface area contributed by atoms with Crippen molar-refractivity contribution in [2.45, 2.75) is 6.04 Å². The van der Waals surface area contributed by atoms with Crippen molar-refractivity contribution in [1.29, 1.82) is 0 Å². The second-order valence-electron chi connectivity index (χ2n) is 6.07. The van der Waals surface area contributed by atoms with E-state index in [1.807, 2.05) is 54.6 Å². The summed E-state index contributed by atoms with van der Waals surface area (Å²) in [5, 5.41) is 7.56. The number of likely N-dealkylation sites (N-methyl/N-ethyl adjacent to an activating group) is 1. The first-order valence-electron chi connectivity index (χ1n) is 8.38. The second-order valence-corrected chi connectivity index (χ2v) is 6.07. The lowest BCUT2D eigenvalue weighted by Crippen LogP contribution is -2.44. The number of ether oxygens (including phenoxy) is 1. The molecular formula is C19H21ClN4O2. The standard InChI is InChI=1S/C19H20N4O2.ClH/c1-23-12-11-20-13-16(23)18-21-19(25-22-18)15-9-5-6-10-17(15)24-14-7-3-2-4-8-14;/h2-10,16,20H,11-13H2,1H3;1H. The molecule has 0 bridgehead atoms. The number of nitrogens with zero attached hydrogens (tertiary/aromatic N) is 3. The largest absolute Gasteiger partial charge is 0.457 e. The predicted octanol–water partition coefficient (Wildman–Crippen LogP) is 3.53. The normalized spacial score (nSPS) is 17.5. The fraction of sp³-hybridized carbons (Fsp3) is 0.263. The minimum Gasteiger partial charge on any atom is -0.457 e. The number of hydrogen-bond donors (Lipinski definition) is 1. The monoisotopic (exact) mass is 372 g/mol. The molecule has 136 valence electrons. The lowest BCUT2D eigenvalue weighted by molar-refractivity contribution is 0.190. The number of halogens is 1. The zero-order valence-electron chi connectivity index (χ0n) is 14.5. The number of piperazine rings is 1. The Balaban J connectivity index is 0.00000196. The summed E-state index contributed by atoms with van der Waals surface area (Å²) in [6, 6.07) is 17.5. The highest BCUT2D eigenvalue weighted by atomic mass is 35.5. The van der Waals surface area contributed by atoms with Crippen LogP contribution in [-0.4, -0.2) is 41.7 Å². The van der Waals surface area contributed by atoms with Crippen LogP contribution in [0.3, 0.4) is 0 Å². The number of aromatic nitrogens is 2. The number of rotatable bonds is 4. The Kier molecular flexibility index (Phi) is 5.88. The molecule has 1 unspecified atom stereocenters. The van der Waals surface area contributed by atoms with Crippen molar-refractivity contribution in [1.82, 2.24) is 20.4 Å². The van der Waals surface area contributed by atoms with Gasteiger partial charge in [-0.25, -0.2) is 0 Å². The molecule has 1 aliphatic rings. The van der Waals surface area contributed by atoms with Crippen molar-refractivity contribution in [2.75, 3.05) is 26.7 Å². The van der Waals surface area contributed by atoms with Crippen LogP contribution in [0.1, 0.15) is 11.9 Å². The van der Waals surface area contributed by atoms with Gasteiger partial charge in [0, 0.05) is 19.6 Å². The van der Waals surface area contributed by atoms with E-state index < -0.39 is 0 Å². The average Bonchev–Trinajstić information content (AvgIpc) is 3.13. The molecule has 0 radical (unpaired) electrons. The van der Waals surface area contributed by atoms with Crippen LogP contribution in [0.2, 0.25) is 0 Å². The third kappa shape index (κ3) is 3.88. The van der Waals surface area contributed by atoms with Crippen LogP contribution in [0.4, 0.5) is 0 Å². The number of para-hydroxylation sites is 2. The molecule has 26 heavy (non-hydrogen) atoms. The Labute approximate surface area is 158 Å². The van der Waals surface area contributed by atoms with E-state index in [-0.39, 0.29) is 18.4 Å². The molecule has 0 spiro atoms. The summed E-state index contributed by atoms with van der Waals surface area (Å²) in [4.78, 5) is 6.85. The first-order valence-corrected chi connectivity index (χ1v) is 8.38. The van der Waals surface area contributed by atoms with Gasteiger partial charge in [0.15, 0.2) is 5.82 Å². The maximum absolute atomic E-state index is 5.99. The molecule has 0 saturated carbocycles. The lowest BCUT2D eigenvalue weighted by Gasteiger charge is -2.30. The van der Waals surface area contributed by atoms with E-state index in [4.69, 9.17) is 9.26 Å². The fourth-order valence-electron chi connectivity index (χ4n) is 2.92. The third-order valence-corrected chi connectivity index (χ3v) is 4.34. The van der Waals surface area contributed by atoms with E-state index in [2.05, 4.69) is 27.4 Å². The van der Waals surface area contributed by atoms with E-state index >= 15 is 0 Å². The van der Waals surface area contributed by atoms with Crippen LogP contribution in [0, 0.1) is 0 Å². The van der Waals surface area contributed by atoms with Gasteiger partial charge in [-0.2, -0.15) is 4.98 Å². The summed E-state index contributed by atoms with van der Waals surface area (Å²) in [6.45, 7) is 2.76. The molecule has 0 aliphatic carbocycles. The van der Waals surface area contributed by atoms with E-state index in [1.165, 1.54) is 0 Å². The quantitative estimate of drug-likeness (QED) is 0.756. The molecule has 4 rings (SSSR count).